The van der Waals surface area contributed by atoms with Gasteiger partial charge >= 0.3 is 0 Å². The van der Waals surface area contributed by atoms with E-state index in [2.05, 4.69) is 11.4 Å². The highest BCUT2D eigenvalue weighted by atomic mass is 16.2. The van der Waals surface area contributed by atoms with Crippen LogP contribution in [-0.2, 0) is 11.3 Å². The fourth-order valence-corrected chi connectivity index (χ4v) is 2.07. The van der Waals surface area contributed by atoms with Crippen LogP contribution in [0.4, 0.5) is 0 Å². The molecule has 1 N–H and O–H groups in total. The van der Waals surface area contributed by atoms with Gasteiger partial charge in [0, 0.05) is 22.6 Å². The van der Waals surface area contributed by atoms with Gasteiger partial charge in [-0.2, -0.15) is 5.26 Å². The summed E-state index contributed by atoms with van der Waals surface area (Å²) in [6.07, 6.45) is 1.84. The summed E-state index contributed by atoms with van der Waals surface area (Å²) in [5.41, 5.74) is 1.30. The predicted molar refractivity (Wildman–Crippen MR) is 74.5 cm³/mol. The van der Waals surface area contributed by atoms with E-state index in [4.69, 9.17) is 5.26 Å². The molecule has 0 saturated carbocycles. The summed E-state index contributed by atoms with van der Waals surface area (Å²) in [5.74, 6) is -0.0349. The van der Waals surface area contributed by atoms with Gasteiger partial charge in [0.05, 0.1) is 11.6 Å². The van der Waals surface area contributed by atoms with Crippen molar-refractivity contribution in [2.75, 3.05) is 0 Å². The number of hydrogen-bond donors (Lipinski definition) is 1. The third-order valence-electron chi connectivity index (χ3n) is 2.76. The van der Waals surface area contributed by atoms with Crippen molar-refractivity contribution in [1.29, 1.82) is 5.26 Å². The second-order valence-corrected chi connectivity index (χ2v) is 5.59. The standard InChI is InChI=1S/C15H17N3O/c1-15(2,3)17-14(19)10-18-8-7-12-11(9-16)5-4-6-13(12)18/h4-8H,10H2,1-3H3,(H,17,19). The summed E-state index contributed by atoms with van der Waals surface area (Å²) >= 11 is 0. The zero-order chi connectivity index (χ0) is 14.0. The maximum atomic E-state index is 11.9. The Morgan fingerprint density at radius 2 is 2.11 bits per heavy atom. The molecule has 1 heterocycles. The van der Waals surface area contributed by atoms with Gasteiger partial charge in [-0.3, -0.25) is 4.79 Å². The fourth-order valence-electron chi connectivity index (χ4n) is 2.07. The Morgan fingerprint density at radius 1 is 1.37 bits per heavy atom. The molecular formula is C15H17N3O. The first-order chi connectivity index (χ1) is 8.90. The van der Waals surface area contributed by atoms with Gasteiger partial charge in [-0.25, -0.2) is 0 Å². The first kappa shape index (κ1) is 13.2. The van der Waals surface area contributed by atoms with Crippen molar-refractivity contribution in [3.8, 4) is 6.07 Å². The summed E-state index contributed by atoms with van der Waals surface area (Å²) in [6, 6.07) is 9.56. The Balaban J connectivity index is 2.28. The van der Waals surface area contributed by atoms with Crippen LogP contribution in [0.3, 0.4) is 0 Å². The smallest absolute Gasteiger partial charge is 0.240 e. The molecule has 0 bridgehead atoms. The lowest BCUT2D eigenvalue weighted by atomic mass is 10.1. The SMILES string of the molecule is CC(C)(C)NC(=O)Cn1ccc2c(C#N)cccc21. The average molecular weight is 255 g/mol. The number of amides is 1. The number of nitriles is 1. The molecule has 1 aromatic carbocycles. The molecule has 0 aliphatic rings. The van der Waals surface area contributed by atoms with Gasteiger partial charge in [0.1, 0.15) is 6.54 Å². The van der Waals surface area contributed by atoms with Gasteiger partial charge < -0.3 is 9.88 Å². The van der Waals surface area contributed by atoms with E-state index >= 15 is 0 Å². The minimum Gasteiger partial charge on any atom is -0.350 e. The van der Waals surface area contributed by atoms with Crippen molar-refractivity contribution in [3.63, 3.8) is 0 Å². The van der Waals surface area contributed by atoms with Crippen molar-refractivity contribution in [2.45, 2.75) is 32.9 Å². The maximum absolute atomic E-state index is 11.9. The third kappa shape index (κ3) is 2.94. The van der Waals surface area contributed by atoms with Crippen molar-refractivity contribution in [1.82, 2.24) is 9.88 Å². The van der Waals surface area contributed by atoms with Crippen LogP contribution < -0.4 is 5.32 Å². The summed E-state index contributed by atoms with van der Waals surface area (Å²) in [7, 11) is 0. The third-order valence-corrected chi connectivity index (χ3v) is 2.76. The molecule has 19 heavy (non-hydrogen) atoms. The van der Waals surface area contributed by atoms with Crippen LogP contribution in [0.5, 0.6) is 0 Å². The molecule has 0 fully saturated rings. The average Bonchev–Trinajstić information content (AvgIpc) is 2.70. The van der Waals surface area contributed by atoms with E-state index in [9.17, 15) is 4.79 Å². The first-order valence-corrected chi connectivity index (χ1v) is 6.20. The van der Waals surface area contributed by atoms with E-state index in [-0.39, 0.29) is 18.0 Å². The number of carbonyl (C=O) groups excluding carboxylic acids is 1. The Bertz CT molecular complexity index is 656. The number of nitrogens with one attached hydrogen (secondary N) is 1. The summed E-state index contributed by atoms with van der Waals surface area (Å²) in [4.78, 5) is 11.9. The quantitative estimate of drug-likeness (QED) is 0.896. The van der Waals surface area contributed by atoms with Crippen LogP contribution in [0.2, 0.25) is 0 Å². The Labute approximate surface area is 112 Å². The van der Waals surface area contributed by atoms with Gasteiger partial charge in [-0.1, -0.05) is 6.07 Å². The highest BCUT2D eigenvalue weighted by Gasteiger charge is 2.14. The lowest BCUT2D eigenvalue weighted by Gasteiger charge is -2.20. The van der Waals surface area contributed by atoms with Crippen LogP contribution in [0, 0.1) is 11.3 Å². The highest BCUT2D eigenvalue weighted by molar-refractivity contribution is 5.87. The van der Waals surface area contributed by atoms with Crippen molar-refractivity contribution in [3.05, 3.63) is 36.0 Å². The second-order valence-electron chi connectivity index (χ2n) is 5.59. The first-order valence-electron chi connectivity index (χ1n) is 6.20. The Kier molecular flexibility index (Phi) is 3.30. The molecule has 0 aliphatic carbocycles. The Hall–Kier alpha value is -2.28. The van der Waals surface area contributed by atoms with Gasteiger partial charge in [0.15, 0.2) is 0 Å². The molecule has 0 aliphatic heterocycles. The molecule has 0 atom stereocenters. The lowest BCUT2D eigenvalue weighted by molar-refractivity contribution is -0.123. The molecule has 4 heteroatoms. The monoisotopic (exact) mass is 255 g/mol. The molecular weight excluding hydrogens is 238 g/mol. The summed E-state index contributed by atoms with van der Waals surface area (Å²) < 4.78 is 1.86. The molecule has 98 valence electrons. The number of hydrogen-bond acceptors (Lipinski definition) is 2. The molecule has 0 saturated heterocycles. The van der Waals surface area contributed by atoms with Crippen LogP contribution >= 0.6 is 0 Å². The molecule has 1 aromatic heterocycles. The van der Waals surface area contributed by atoms with Crippen LogP contribution in [-0.4, -0.2) is 16.0 Å². The van der Waals surface area contributed by atoms with E-state index in [1.807, 2.05) is 49.7 Å². The number of fused-ring (bicyclic) bond motifs is 1. The van der Waals surface area contributed by atoms with E-state index in [0.29, 0.717) is 5.56 Å². The van der Waals surface area contributed by atoms with Gasteiger partial charge in [0.2, 0.25) is 5.91 Å². The predicted octanol–water partition coefficient (Wildman–Crippen LogP) is 2.43. The van der Waals surface area contributed by atoms with Crippen molar-refractivity contribution < 1.29 is 4.79 Å². The van der Waals surface area contributed by atoms with Crippen LogP contribution in [0.1, 0.15) is 26.3 Å². The number of aromatic nitrogens is 1. The summed E-state index contributed by atoms with van der Waals surface area (Å²) in [5, 5.41) is 12.8. The molecule has 2 aromatic rings. The minimum atomic E-state index is -0.238. The van der Waals surface area contributed by atoms with Crippen molar-refractivity contribution >= 4 is 16.8 Å². The van der Waals surface area contributed by atoms with E-state index in [1.165, 1.54) is 0 Å². The van der Waals surface area contributed by atoms with E-state index < -0.39 is 0 Å². The zero-order valence-electron chi connectivity index (χ0n) is 11.4. The molecule has 0 radical (unpaired) electrons. The number of benzene rings is 1. The topological polar surface area (TPSA) is 57.8 Å². The van der Waals surface area contributed by atoms with E-state index in [0.717, 1.165) is 10.9 Å². The maximum Gasteiger partial charge on any atom is 0.240 e. The van der Waals surface area contributed by atoms with Gasteiger partial charge in [0.25, 0.3) is 0 Å². The molecule has 4 nitrogen and oxygen atoms in total. The van der Waals surface area contributed by atoms with Crippen molar-refractivity contribution in [2.24, 2.45) is 0 Å². The van der Waals surface area contributed by atoms with Crippen LogP contribution in [0.25, 0.3) is 10.9 Å². The van der Waals surface area contributed by atoms with Gasteiger partial charge in [-0.05, 0) is 39.0 Å². The minimum absolute atomic E-state index is 0.0349. The van der Waals surface area contributed by atoms with Gasteiger partial charge in [-0.15, -0.1) is 0 Å². The fraction of sp³-hybridized carbons (Fsp3) is 0.333. The molecule has 2 rings (SSSR count). The normalized spacial score (nSPS) is 11.3. The zero-order valence-corrected chi connectivity index (χ0v) is 11.4. The molecule has 0 unspecified atom stereocenters. The van der Waals surface area contributed by atoms with Crippen LogP contribution in [0.15, 0.2) is 30.5 Å². The summed E-state index contributed by atoms with van der Waals surface area (Å²) in [6.45, 7) is 6.11. The number of carbonyl (C=O) groups is 1. The van der Waals surface area contributed by atoms with E-state index in [1.54, 1.807) is 6.07 Å². The number of rotatable bonds is 2. The highest BCUT2D eigenvalue weighted by Crippen LogP contribution is 2.19. The second kappa shape index (κ2) is 4.77. The Morgan fingerprint density at radius 3 is 2.74 bits per heavy atom. The lowest BCUT2D eigenvalue weighted by Crippen LogP contribution is -2.42. The number of nitrogens with zero attached hydrogens (tertiary/aromatic N) is 2. The molecule has 0 spiro atoms. The largest absolute Gasteiger partial charge is 0.350 e. The molecule has 1 amide bonds.